The number of benzene rings is 1. The maximum Gasteiger partial charge on any atom is 0.410 e. The number of carbonyl (C=O) groups is 3. The van der Waals surface area contributed by atoms with Crippen molar-refractivity contribution in [2.45, 2.75) is 39.2 Å². The summed E-state index contributed by atoms with van der Waals surface area (Å²) in [5, 5.41) is 12.0. The van der Waals surface area contributed by atoms with Crippen LogP contribution >= 0.6 is 0 Å². The second-order valence-corrected chi connectivity index (χ2v) is 8.15. The largest absolute Gasteiger partial charge is 0.444 e. The molecule has 156 valence electrons. The third kappa shape index (κ3) is 4.95. The first-order chi connectivity index (χ1) is 13.7. The van der Waals surface area contributed by atoms with E-state index >= 15 is 0 Å². The summed E-state index contributed by atoms with van der Waals surface area (Å²) in [4.78, 5) is 39.2. The lowest BCUT2D eigenvalue weighted by Gasteiger charge is -2.26. The molecule has 2 aliphatic heterocycles. The standard InChI is InChI=1S/C21H27N3O5/c1-21(2,3)29-20(28)23-8-6-14-4-5-16(12-15(14)7-9-23)22-17-13-18(26)24(10-11-25)19(17)27/h4-5,12-13,22,25H,6-11H2,1-3H3. The van der Waals surface area contributed by atoms with Gasteiger partial charge >= 0.3 is 6.09 Å². The lowest BCUT2D eigenvalue weighted by molar-refractivity contribution is -0.137. The number of hydrogen-bond donors (Lipinski definition) is 2. The number of rotatable bonds is 4. The third-order valence-corrected chi connectivity index (χ3v) is 4.77. The molecule has 0 saturated heterocycles. The minimum Gasteiger partial charge on any atom is -0.444 e. The van der Waals surface area contributed by atoms with Crippen molar-refractivity contribution < 1.29 is 24.2 Å². The molecule has 0 aliphatic carbocycles. The van der Waals surface area contributed by atoms with Crippen LogP contribution in [0.5, 0.6) is 0 Å². The highest BCUT2D eigenvalue weighted by Crippen LogP contribution is 2.24. The van der Waals surface area contributed by atoms with Crippen LogP contribution in [-0.4, -0.2) is 64.7 Å². The van der Waals surface area contributed by atoms with Crippen molar-refractivity contribution in [1.29, 1.82) is 0 Å². The molecule has 3 rings (SSSR count). The SMILES string of the molecule is CC(C)(C)OC(=O)N1CCc2ccc(NC3=CC(=O)N(CCO)C3=O)cc2CC1. The van der Waals surface area contributed by atoms with Crippen LogP contribution < -0.4 is 5.32 Å². The quantitative estimate of drug-likeness (QED) is 0.745. The van der Waals surface area contributed by atoms with Crippen LogP contribution in [0.15, 0.2) is 30.0 Å². The molecule has 0 spiro atoms. The van der Waals surface area contributed by atoms with Gasteiger partial charge in [0.25, 0.3) is 11.8 Å². The molecule has 0 fully saturated rings. The van der Waals surface area contributed by atoms with Crippen molar-refractivity contribution >= 4 is 23.6 Å². The molecule has 1 aromatic rings. The van der Waals surface area contributed by atoms with E-state index in [9.17, 15) is 14.4 Å². The number of fused-ring (bicyclic) bond motifs is 1. The lowest BCUT2D eigenvalue weighted by Crippen LogP contribution is -2.38. The number of amides is 3. The fourth-order valence-electron chi connectivity index (χ4n) is 3.38. The van der Waals surface area contributed by atoms with Gasteiger partial charge in [-0.05, 0) is 56.9 Å². The zero-order valence-electron chi connectivity index (χ0n) is 17.0. The van der Waals surface area contributed by atoms with Gasteiger partial charge in [-0.1, -0.05) is 6.07 Å². The molecule has 0 bridgehead atoms. The highest BCUT2D eigenvalue weighted by molar-refractivity contribution is 6.17. The number of aliphatic hydroxyl groups excluding tert-OH is 1. The zero-order chi connectivity index (χ0) is 21.2. The lowest BCUT2D eigenvalue weighted by atomic mass is 10.0. The van der Waals surface area contributed by atoms with Gasteiger partial charge in [-0.2, -0.15) is 0 Å². The topological polar surface area (TPSA) is 99.2 Å². The Bertz CT molecular complexity index is 856. The molecule has 0 atom stereocenters. The Hall–Kier alpha value is -2.87. The van der Waals surface area contributed by atoms with Gasteiger partial charge in [0.2, 0.25) is 0 Å². The highest BCUT2D eigenvalue weighted by Gasteiger charge is 2.31. The van der Waals surface area contributed by atoms with Crippen LogP contribution in [0, 0.1) is 0 Å². The molecule has 2 aliphatic rings. The van der Waals surface area contributed by atoms with Gasteiger partial charge in [0.1, 0.15) is 11.3 Å². The van der Waals surface area contributed by atoms with E-state index < -0.39 is 17.4 Å². The van der Waals surface area contributed by atoms with Crippen LogP contribution in [0.3, 0.4) is 0 Å². The molecule has 3 amide bonds. The van der Waals surface area contributed by atoms with Crippen molar-refractivity contribution in [3.05, 3.63) is 41.1 Å². The molecule has 0 saturated carbocycles. The second-order valence-electron chi connectivity index (χ2n) is 8.15. The van der Waals surface area contributed by atoms with Gasteiger partial charge < -0.3 is 20.1 Å². The van der Waals surface area contributed by atoms with Crippen molar-refractivity contribution in [1.82, 2.24) is 9.80 Å². The van der Waals surface area contributed by atoms with Gasteiger partial charge in [-0.25, -0.2) is 4.79 Å². The number of nitrogens with zero attached hydrogens (tertiary/aromatic N) is 2. The van der Waals surface area contributed by atoms with E-state index in [0.29, 0.717) is 25.2 Å². The van der Waals surface area contributed by atoms with Gasteiger partial charge in [0.05, 0.1) is 13.2 Å². The minimum absolute atomic E-state index is 0.0238. The Morgan fingerprint density at radius 1 is 1.17 bits per heavy atom. The number of anilines is 1. The Morgan fingerprint density at radius 3 is 2.52 bits per heavy atom. The van der Waals surface area contributed by atoms with Crippen LogP contribution in [0.25, 0.3) is 0 Å². The van der Waals surface area contributed by atoms with Gasteiger partial charge in [0.15, 0.2) is 0 Å². The molecule has 1 aromatic carbocycles. The zero-order valence-corrected chi connectivity index (χ0v) is 17.0. The smallest absolute Gasteiger partial charge is 0.410 e. The Morgan fingerprint density at radius 2 is 1.86 bits per heavy atom. The maximum absolute atomic E-state index is 12.4. The first kappa shape index (κ1) is 20.9. The Labute approximate surface area is 170 Å². The predicted octanol–water partition coefficient (Wildman–Crippen LogP) is 1.68. The van der Waals surface area contributed by atoms with Gasteiger partial charge in [-0.3, -0.25) is 14.5 Å². The number of aliphatic hydroxyl groups is 1. The van der Waals surface area contributed by atoms with E-state index in [1.54, 1.807) is 4.90 Å². The predicted molar refractivity (Wildman–Crippen MR) is 107 cm³/mol. The summed E-state index contributed by atoms with van der Waals surface area (Å²) in [5.41, 5.74) is 2.59. The van der Waals surface area contributed by atoms with Crippen molar-refractivity contribution in [3.63, 3.8) is 0 Å². The average molecular weight is 401 g/mol. The Balaban J connectivity index is 1.68. The molecule has 2 heterocycles. The molecular formula is C21H27N3O5. The normalized spacial score (nSPS) is 17.0. The number of nitrogens with one attached hydrogen (secondary N) is 1. The summed E-state index contributed by atoms with van der Waals surface area (Å²) < 4.78 is 5.47. The minimum atomic E-state index is -0.532. The first-order valence-corrected chi connectivity index (χ1v) is 9.73. The molecule has 8 heteroatoms. The number of carbonyl (C=O) groups excluding carboxylic acids is 3. The third-order valence-electron chi connectivity index (χ3n) is 4.77. The van der Waals surface area contributed by atoms with Crippen LogP contribution in [0.4, 0.5) is 10.5 Å². The summed E-state index contributed by atoms with van der Waals surface area (Å²) in [6.07, 6.45) is 2.33. The summed E-state index contributed by atoms with van der Waals surface area (Å²) in [7, 11) is 0. The van der Waals surface area contributed by atoms with E-state index in [0.717, 1.165) is 22.4 Å². The Kier molecular flexibility index (Phi) is 5.93. The number of ether oxygens (including phenoxy) is 1. The van der Waals surface area contributed by atoms with E-state index in [-0.39, 0.29) is 24.9 Å². The molecule has 0 aromatic heterocycles. The fraction of sp³-hybridized carbons (Fsp3) is 0.476. The molecule has 8 nitrogen and oxygen atoms in total. The average Bonchev–Trinajstić information content (AvgIpc) is 2.81. The number of β-amino-alcohol motifs (C(OH)–C–C–N with tert-alkyl or cyclic N) is 1. The fourth-order valence-corrected chi connectivity index (χ4v) is 3.38. The van der Waals surface area contributed by atoms with E-state index in [2.05, 4.69) is 5.32 Å². The van der Waals surface area contributed by atoms with Crippen molar-refractivity contribution in [2.75, 3.05) is 31.6 Å². The number of hydrogen-bond acceptors (Lipinski definition) is 6. The van der Waals surface area contributed by atoms with Gasteiger partial charge in [0, 0.05) is 24.9 Å². The molecule has 29 heavy (non-hydrogen) atoms. The van der Waals surface area contributed by atoms with Crippen LogP contribution in [-0.2, 0) is 27.2 Å². The van der Waals surface area contributed by atoms with Crippen LogP contribution in [0.2, 0.25) is 0 Å². The maximum atomic E-state index is 12.4. The molecule has 2 N–H and O–H groups in total. The second kappa shape index (κ2) is 8.24. The summed E-state index contributed by atoms with van der Waals surface area (Å²) in [6, 6.07) is 5.78. The molecular weight excluding hydrogens is 374 g/mol. The summed E-state index contributed by atoms with van der Waals surface area (Å²) >= 11 is 0. The monoisotopic (exact) mass is 401 g/mol. The van der Waals surface area contributed by atoms with E-state index in [1.165, 1.54) is 6.08 Å². The highest BCUT2D eigenvalue weighted by atomic mass is 16.6. The van der Waals surface area contributed by atoms with Crippen molar-refractivity contribution in [3.8, 4) is 0 Å². The van der Waals surface area contributed by atoms with Crippen molar-refractivity contribution in [2.24, 2.45) is 0 Å². The summed E-state index contributed by atoms with van der Waals surface area (Å²) in [5.74, 6) is -0.885. The van der Waals surface area contributed by atoms with E-state index in [4.69, 9.17) is 9.84 Å². The number of imide groups is 1. The molecule has 0 radical (unpaired) electrons. The first-order valence-electron chi connectivity index (χ1n) is 9.73. The van der Waals surface area contributed by atoms with Crippen LogP contribution in [0.1, 0.15) is 31.9 Å². The summed E-state index contributed by atoms with van der Waals surface area (Å²) in [6.45, 7) is 6.39. The van der Waals surface area contributed by atoms with E-state index in [1.807, 2.05) is 39.0 Å². The molecule has 0 unspecified atom stereocenters. The van der Waals surface area contributed by atoms with Gasteiger partial charge in [-0.15, -0.1) is 0 Å².